The number of carbonyl (C=O) groups is 2. The molecule has 2 N–H and O–H groups in total. The zero-order valence-corrected chi connectivity index (χ0v) is 18.9. The number of ether oxygens (including phenoxy) is 1. The average molecular weight is 460 g/mol. The Labute approximate surface area is 192 Å². The van der Waals surface area contributed by atoms with E-state index in [4.69, 9.17) is 22.1 Å². The number of nitrogens with two attached hydrogens (primary N) is 1. The van der Waals surface area contributed by atoms with Crippen molar-refractivity contribution in [2.45, 2.75) is 19.4 Å². The van der Waals surface area contributed by atoms with Crippen LogP contribution in [0.1, 0.15) is 33.9 Å². The minimum atomic E-state index is -0.467. The molecule has 0 radical (unpaired) electrons. The zero-order valence-electron chi connectivity index (χ0n) is 18.2. The van der Waals surface area contributed by atoms with Gasteiger partial charge in [-0.05, 0) is 54.2 Å². The first-order valence-electron chi connectivity index (χ1n) is 10.7. The summed E-state index contributed by atoms with van der Waals surface area (Å²) in [7, 11) is 1.47. The molecule has 2 amide bonds. The smallest absolute Gasteiger partial charge is 0.257 e. The predicted molar refractivity (Wildman–Crippen MR) is 120 cm³/mol. The van der Waals surface area contributed by atoms with Crippen LogP contribution in [0.15, 0.2) is 36.4 Å². The van der Waals surface area contributed by atoms with Crippen molar-refractivity contribution in [3.05, 3.63) is 63.9 Å². The highest BCUT2D eigenvalue weighted by molar-refractivity contribution is 6.31. The third-order valence-corrected chi connectivity index (χ3v) is 7.02. The van der Waals surface area contributed by atoms with Gasteiger partial charge in [0.1, 0.15) is 11.6 Å². The molecular weight excluding hydrogens is 433 g/mol. The van der Waals surface area contributed by atoms with Gasteiger partial charge in [0.25, 0.3) is 5.91 Å². The van der Waals surface area contributed by atoms with E-state index in [0.29, 0.717) is 23.9 Å². The molecule has 2 fully saturated rings. The second kappa shape index (κ2) is 9.08. The highest BCUT2D eigenvalue weighted by Crippen LogP contribution is 2.38. The molecule has 6 nitrogen and oxygen atoms in total. The first kappa shape index (κ1) is 22.6. The fourth-order valence-electron chi connectivity index (χ4n) is 4.93. The first-order valence-corrected chi connectivity index (χ1v) is 11.1. The Morgan fingerprint density at radius 3 is 2.44 bits per heavy atom. The summed E-state index contributed by atoms with van der Waals surface area (Å²) >= 11 is 6.33. The van der Waals surface area contributed by atoms with E-state index >= 15 is 0 Å². The topological polar surface area (TPSA) is 75.9 Å². The van der Waals surface area contributed by atoms with Gasteiger partial charge in [-0.25, -0.2) is 4.39 Å². The minimum absolute atomic E-state index is 0.149. The Bertz CT molecular complexity index is 1030. The van der Waals surface area contributed by atoms with Crippen LogP contribution in [0.25, 0.3) is 0 Å². The molecular formula is C24H27ClFN3O3. The fraction of sp³-hybridized carbons (Fsp3) is 0.417. The Morgan fingerprint density at radius 2 is 1.84 bits per heavy atom. The fourth-order valence-corrected chi connectivity index (χ4v) is 5.12. The predicted octanol–water partition coefficient (Wildman–Crippen LogP) is 3.42. The van der Waals surface area contributed by atoms with E-state index in [2.05, 4.69) is 4.90 Å². The van der Waals surface area contributed by atoms with Gasteiger partial charge in [0, 0.05) is 43.7 Å². The number of hydrogen-bond acceptors (Lipinski definition) is 4. The molecule has 0 spiro atoms. The zero-order chi connectivity index (χ0) is 23.0. The van der Waals surface area contributed by atoms with Crippen molar-refractivity contribution in [2.75, 3.05) is 33.3 Å². The summed E-state index contributed by atoms with van der Waals surface area (Å²) in [5.41, 5.74) is 7.74. The molecule has 2 heterocycles. The van der Waals surface area contributed by atoms with Crippen molar-refractivity contribution in [1.29, 1.82) is 0 Å². The minimum Gasteiger partial charge on any atom is -0.496 e. The van der Waals surface area contributed by atoms with Crippen LogP contribution in [-0.4, -0.2) is 54.9 Å². The van der Waals surface area contributed by atoms with Crippen molar-refractivity contribution in [3.63, 3.8) is 0 Å². The Morgan fingerprint density at radius 1 is 1.16 bits per heavy atom. The molecule has 0 bridgehead atoms. The summed E-state index contributed by atoms with van der Waals surface area (Å²) < 4.78 is 19.0. The lowest BCUT2D eigenvalue weighted by molar-refractivity contribution is -0.119. The Kier molecular flexibility index (Phi) is 6.40. The highest BCUT2D eigenvalue weighted by Gasteiger charge is 2.44. The molecule has 170 valence electrons. The van der Waals surface area contributed by atoms with Crippen LogP contribution in [0.2, 0.25) is 5.02 Å². The lowest BCUT2D eigenvalue weighted by atomic mass is 10.0. The van der Waals surface area contributed by atoms with E-state index < -0.39 is 5.82 Å². The van der Waals surface area contributed by atoms with Crippen molar-refractivity contribution < 1.29 is 18.7 Å². The molecule has 8 heteroatoms. The molecule has 3 unspecified atom stereocenters. The van der Waals surface area contributed by atoms with Gasteiger partial charge in [-0.1, -0.05) is 23.7 Å². The second-order valence-corrected chi connectivity index (χ2v) is 9.13. The number of amides is 2. The molecule has 4 rings (SSSR count). The van der Waals surface area contributed by atoms with Crippen molar-refractivity contribution >= 4 is 23.4 Å². The first-order chi connectivity index (χ1) is 15.3. The number of aryl methyl sites for hydroxylation is 1. The number of likely N-dealkylation sites (tertiary alicyclic amines) is 2. The number of carbonyl (C=O) groups excluding carboxylic acids is 2. The third-order valence-electron chi connectivity index (χ3n) is 6.61. The van der Waals surface area contributed by atoms with Crippen LogP contribution in [-0.2, 0) is 4.79 Å². The summed E-state index contributed by atoms with van der Waals surface area (Å²) in [4.78, 5) is 28.9. The molecule has 0 saturated carbocycles. The summed E-state index contributed by atoms with van der Waals surface area (Å²) in [5, 5.41) is 0.664. The molecule has 0 aromatic heterocycles. The highest BCUT2D eigenvalue weighted by atomic mass is 35.5. The van der Waals surface area contributed by atoms with Crippen molar-refractivity contribution in [3.8, 4) is 5.75 Å². The monoisotopic (exact) mass is 459 g/mol. The van der Waals surface area contributed by atoms with E-state index in [1.165, 1.54) is 25.3 Å². The van der Waals surface area contributed by atoms with Crippen LogP contribution in [0.4, 0.5) is 4.39 Å². The van der Waals surface area contributed by atoms with Crippen LogP contribution in [0.5, 0.6) is 5.75 Å². The van der Waals surface area contributed by atoms with Gasteiger partial charge in [-0.3, -0.25) is 14.5 Å². The summed E-state index contributed by atoms with van der Waals surface area (Å²) in [6, 6.07) is 9.69. The van der Waals surface area contributed by atoms with Crippen LogP contribution >= 0.6 is 11.6 Å². The van der Waals surface area contributed by atoms with Gasteiger partial charge in [0.15, 0.2) is 0 Å². The lowest BCUT2D eigenvalue weighted by Gasteiger charge is -2.29. The normalized spacial score (nSPS) is 21.4. The number of hydrogen-bond donors (Lipinski definition) is 1. The quantitative estimate of drug-likeness (QED) is 0.718. The molecule has 2 saturated heterocycles. The standard InChI is InChI=1S/C24H27ClFN3O3/c1-14-3-4-15(7-20(14)25)21(9-23(27)30)28-10-16-12-29(13-17(16)11-28)24(31)19-8-18(26)5-6-22(19)32-2/h3-8,16-17,21H,9-13H2,1-2H3,(H2,27,30). The number of methoxy groups -OCH3 is 1. The molecule has 2 aliphatic heterocycles. The third kappa shape index (κ3) is 4.45. The molecule has 3 atom stereocenters. The van der Waals surface area contributed by atoms with Crippen LogP contribution in [0, 0.1) is 24.6 Å². The van der Waals surface area contributed by atoms with Crippen LogP contribution in [0.3, 0.4) is 0 Å². The van der Waals surface area contributed by atoms with E-state index in [-0.39, 0.29) is 41.7 Å². The van der Waals surface area contributed by atoms with Crippen molar-refractivity contribution in [2.24, 2.45) is 17.6 Å². The Hall–Kier alpha value is -2.64. The molecule has 32 heavy (non-hydrogen) atoms. The number of rotatable bonds is 6. The summed E-state index contributed by atoms with van der Waals surface area (Å²) in [6.07, 6.45) is 0.210. The molecule has 2 aromatic carbocycles. The largest absolute Gasteiger partial charge is 0.496 e. The van der Waals surface area contributed by atoms with Crippen molar-refractivity contribution in [1.82, 2.24) is 9.80 Å². The SMILES string of the molecule is COc1ccc(F)cc1C(=O)N1CC2CN(C(CC(N)=O)c3ccc(C)c(Cl)c3)CC2C1. The van der Waals surface area contributed by atoms with Gasteiger partial charge in [0.05, 0.1) is 12.7 Å². The van der Waals surface area contributed by atoms with Crippen LogP contribution < -0.4 is 10.5 Å². The van der Waals surface area contributed by atoms with Gasteiger partial charge < -0.3 is 15.4 Å². The molecule has 0 aliphatic carbocycles. The number of benzene rings is 2. The number of nitrogens with zero attached hydrogens (tertiary/aromatic N) is 2. The van der Waals surface area contributed by atoms with E-state index in [1.54, 1.807) is 4.90 Å². The van der Waals surface area contributed by atoms with Gasteiger partial charge in [-0.2, -0.15) is 0 Å². The summed E-state index contributed by atoms with van der Waals surface area (Å²) in [6.45, 7) is 4.60. The molecule has 2 aromatic rings. The van der Waals surface area contributed by atoms with Gasteiger partial charge in [0.2, 0.25) is 5.91 Å². The Balaban J connectivity index is 1.48. The van der Waals surface area contributed by atoms with E-state index in [0.717, 1.165) is 24.2 Å². The van der Waals surface area contributed by atoms with Gasteiger partial charge in [-0.15, -0.1) is 0 Å². The second-order valence-electron chi connectivity index (χ2n) is 8.72. The number of halogens is 2. The number of primary amides is 1. The maximum Gasteiger partial charge on any atom is 0.257 e. The molecule has 2 aliphatic rings. The van der Waals surface area contributed by atoms with E-state index in [9.17, 15) is 14.0 Å². The maximum absolute atomic E-state index is 13.7. The van der Waals surface area contributed by atoms with Gasteiger partial charge >= 0.3 is 0 Å². The van der Waals surface area contributed by atoms with E-state index in [1.807, 2.05) is 25.1 Å². The maximum atomic E-state index is 13.7. The average Bonchev–Trinajstić information content (AvgIpc) is 3.32. The summed E-state index contributed by atoms with van der Waals surface area (Å²) in [5.74, 6) is -0.136. The number of fused-ring (bicyclic) bond motifs is 1. The lowest BCUT2D eigenvalue weighted by Crippen LogP contribution is -2.36.